The van der Waals surface area contributed by atoms with E-state index < -0.39 is 45.9 Å². The van der Waals surface area contributed by atoms with Crippen LogP contribution in [0.2, 0.25) is 5.02 Å². The molecule has 1 aliphatic heterocycles. The monoisotopic (exact) mass is 631 g/mol. The lowest BCUT2D eigenvalue weighted by Gasteiger charge is -2.49. The molecular formula is C29H30ClN3O7S2. The van der Waals surface area contributed by atoms with Gasteiger partial charge < -0.3 is 10.0 Å². The van der Waals surface area contributed by atoms with Crippen molar-refractivity contribution in [3.8, 4) is 0 Å². The van der Waals surface area contributed by atoms with Crippen LogP contribution in [-0.4, -0.2) is 54.5 Å². The van der Waals surface area contributed by atoms with Gasteiger partial charge in [0.1, 0.15) is 6.61 Å². The lowest BCUT2D eigenvalue weighted by atomic mass is 9.76. The maximum atomic E-state index is 14.2. The standard InChI is InChI=1S/C29H30ClN3O7S2/c1-42(38,39)32-23-8-4-5-9-24(23)33-26(17-10-12-19(30)13-11-17)25(21-6-2-3-7-22(21)28(33)35)27(34)31-40-15-20-14-18(16-41-20)29(36)37/h2-3,6-7,10-14,16,23-26,32H,4-5,8-9,15H2,1H3,(H,31,34)(H,36,37)/t23-,24-,25+,26-/m0/s1. The summed E-state index contributed by atoms with van der Waals surface area (Å²) in [7, 11) is -3.57. The number of fused-ring (bicyclic) bond motifs is 1. The quantitative estimate of drug-likeness (QED) is 0.295. The lowest BCUT2D eigenvalue weighted by molar-refractivity contribution is -0.138. The van der Waals surface area contributed by atoms with E-state index in [-0.39, 0.29) is 18.1 Å². The predicted molar refractivity (Wildman–Crippen MR) is 158 cm³/mol. The highest BCUT2D eigenvalue weighted by molar-refractivity contribution is 7.88. The van der Waals surface area contributed by atoms with Crippen molar-refractivity contribution in [3.05, 3.63) is 92.1 Å². The number of carboxylic acid groups (broad SMARTS) is 1. The van der Waals surface area contributed by atoms with E-state index in [1.54, 1.807) is 53.4 Å². The fraction of sp³-hybridized carbons (Fsp3) is 0.345. The highest BCUT2D eigenvalue weighted by atomic mass is 35.5. The van der Waals surface area contributed by atoms with Crippen molar-refractivity contribution >= 4 is 50.7 Å². The Morgan fingerprint density at radius 1 is 1.12 bits per heavy atom. The molecule has 10 nitrogen and oxygen atoms in total. The second kappa shape index (κ2) is 12.5. The molecule has 0 bridgehead atoms. The van der Waals surface area contributed by atoms with E-state index in [4.69, 9.17) is 16.4 Å². The third-order valence-electron chi connectivity index (χ3n) is 7.61. The number of hydroxylamine groups is 1. The van der Waals surface area contributed by atoms with Crippen molar-refractivity contribution in [2.24, 2.45) is 0 Å². The normalized spacial score (nSPS) is 22.4. The lowest BCUT2D eigenvalue weighted by Crippen LogP contribution is -2.59. The van der Waals surface area contributed by atoms with E-state index >= 15 is 0 Å². The minimum absolute atomic E-state index is 0.0463. The first-order chi connectivity index (χ1) is 20.0. The van der Waals surface area contributed by atoms with Gasteiger partial charge in [0.05, 0.1) is 23.8 Å². The van der Waals surface area contributed by atoms with Gasteiger partial charge in [-0.3, -0.25) is 14.4 Å². The highest BCUT2D eigenvalue weighted by Gasteiger charge is 2.49. The van der Waals surface area contributed by atoms with Crippen molar-refractivity contribution in [2.45, 2.75) is 56.3 Å². The summed E-state index contributed by atoms with van der Waals surface area (Å²) in [4.78, 5) is 47.2. The van der Waals surface area contributed by atoms with Crippen LogP contribution in [0.4, 0.5) is 0 Å². The number of carbonyl (C=O) groups excluding carboxylic acids is 2. The van der Waals surface area contributed by atoms with Crippen LogP contribution in [0.1, 0.15) is 74.4 Å². The average molecular weight is 632 g/mol. The van der Waals surface area contributed by atoms with Crippen LogP contribution in [0.5, 0.6) is 0 Å². The van der Waals surface area contributed by atoms with Crippen LogP contribution in [-0.2, 0) is 26.3 Å². The molecule has 0 unspecified atom stereocenters. The number of rotatable bonds is 9. The summed E-state index contributed by atoms with van der Waals surface area (Å²) in [6.07, 6.45) is 3.81. The molecule has 1 aliphatic carbocycles. The first kappa shape index (κ1) is 30.2. The molecule has 0 saturated heterocycles. The molecule has 2 aliphatic rings. The Kier molecular flexibility index (Phi) is 9.00. The Morgan fingerprint density at radius 3 is 2.52 bits per heavy atom. The maximum Gasteiger partial charge on any atom is 0.336 e. The molecule has 13 heteroatoms. The SMILES string of the molecule is CS(=O)(=O)N[C@H]1CCCC[C@@H]1N1C(=O)c2ccccc2[C@@H](C(=O)NOCc2cc(C(=O)O)cs2)[C@@H]1c1ccc(Cl)cc1. The van der Waals surface area contributed by atoms with Crippen molar-refractivity contribution < 1.29 is 32.7 Å². The number of hydrogen-bond donors (Lipinski definition) is 3. The number of nitrogens with one attached hydrogen (secondary N) is 2. The molecule has 0 radical (unpaired) electrons. The number of hydrogen-bond acceptors (Lipinski definition) is 7. The van der Waals surface area contributed by atoms with E-state index in [9.17, 15) is 27.9 Å². The number of amides is 2. The van der Waals surface area contributed by atoms with Crippen molar-refractivity contribution in [1.29, 1.82) is 0 Å². The van der Waals surface area contributed by atoms with Crippen molar-refractivity contribution in [1.82, 2.24) is 15.1 Å². The zero-order valence-electron chi connectivity index (χ0n) is 22.7. The van der Waals surface area contributed by atoms with Crippen LogP contribution >= 0.6 is 22.9 Å². The second-order valence-electron chi connectivity index (χ2n) is 10.5. The molecule has 2 aromatic carbocycles. The molecule has 4 atom stereocenters. The summed E-state index contributed by atoms with van der Waals surface area (Å²) in [5, 5.41) is 11.2. The topological polar surface area (TPSA) is 142 Å². The van der Waals surface area contributed by atoms with E-state index in [0.717, 1.165) is 19.1 Å². The Morgan fingerprint density at radius 2 is 1.83 bits per heavy atom. The summed E-state index contributed by atoms with van der Waals surface area (Å²) in [5.41, 5.74) is 4.20. The molecule has 42 heavy (non-hydrogen) atoms. The molecule has 1 fully saturated rings. The van der Waals surface area contributed by atoms with E-state index in [1.807, 2.05) is 0 Å². The van der Waals surface area contributed by atoms with Gasteiger partial charge in [0.25, 0.3) is 11.8 Å². The first-order valence-corrected chi connectivity index (χ1v) is 16.5. The average Bonchev–Trinajstić information content (AvgIpc) is 3.43. The third-order valence-corrected chi connectivity index (χ3v) is 9.50. The van der Waals surface area contributed by atoms with Gasteiger partial charge in [0, 0.05) is 32.9 Å². The molecule has 3 aromatic rings. The summed E-state index contributed by atoms with van der Waals surface area (Å²) in [6.45, 7) is -0.0463. The Hall–Kier alpha value is -3.29. The Labute approximate surface area is 252 Å². The molecule has 0 spiro atoms. The van der Waals surface area contributed by atoms with Crippen molar-refractivity contribution in [2.75, 3.05) is 6.26 Å². The van der Waals surface area contributed by atoms with Crippen LogP contribution in [0.3, 0.4) is 0 Å². The minimum atomic E-state index is -3.57. The predicted octanol–water partition coefficient (Wildman–Crippen LogP) is 4.49. The van der Waals surface area contributed by atoms with Gasteiger partial charge in [0.15, 0.2) is 0 Å². The summed E-state index contributed by atoms with van der Waals surface area (Å²) >= 11 is 7.39. The van der Waals surface area contributed by atoms with Gasteiger partial charge in [0.2, 0.25) is 10.0 Å². The van der Waals surface area contributed by atoms with Gasteiger partial charge in [-0.2, -0.15) is 0 Å². The summed E-state index contributed by atoms with van der Waals surface area (Å²) in [6, 6.07) is 13.5. The molecule has 1 saturated carbocycles. The van der Waals surface area contributed by atoms with Gasteiger partial charge in [-0.05, 0) is 48.2 Å². The second-order valence-corrected chi connectivity index (χ2v) is 13.7. The van der Waals surface area contributed by atoms with Crippen LogP contribution < -0.4 is 10.2 Å². The molecule has 222 valence electrons. The van der Waals surface area contributed by atoms with Gasteiger partial charge in [-0.15, -0.1) is 11.3 Å². The number of carbonyl (C=O) groups is 3. The molecule has 2 heterocycles. The van der Waals surface area contributed by atoms with Gasteiger partial charge >= 0.3 is 5.97 Å². The molecule has 5 rings (SSSR count). The Balaban J connectivity index is 1.54. The van der Waals surface area contributed by atoms with E-state index in [1.165, 1.54) is 22.8 Å². The first-order valence-electron chi connectivity index (χ1n) is 13.4. The van der Waals surface area contributed by atoms with E-state index in [0.29, 0.717) is 39.4 Å². The highest BCUT2D eigenvalue weighted by Crippen LogP contribution is 2.46. The number of carboxylic acids is 1. The fourth-order valence-corrected chi connectivity index (χ4v) is 7.60. The van der Waals surface area contributed by atoms with Crippen molar-refractivity contribution in [3.63, 3.8) is 0 Å². The molecule has 2 amide bonds. The number of nitrogens with zero attached hydrogens (tertiary/aromatic N) is 1. The largest absolute Gasteiger partial charge is 0.478 e. The number of sulfonamides is 1. The molecule has 1 aromatic heterocycles. The maximum absolute atomic E-state index is 14.2. The van der Waals surface area contributed by atoms with Crippen LogP contribution in [0.25, 0.3) is 0 Å². The number of halogens is 1. The third kappa shape index (κ3) is 6.52. The number of aromatic carboxylic acids is 1. The smallest absolute Gasteiger partial charge is 0.336 e. The zero-order chi connectivity index (χ0) is 30.0. The number of thiophene rings is 1. The fourth-order valence-electron chi connectivity index (χ4n) is 5.88. The van der Waals surface area contributed by atoms with Gasteiger partial charge in [-0.25, -0.2) is 23.4 Å². The zero-order valence-corrected chi connectivity index (χ0v) is 25.0. The molecular weight excluding hydrogens is 602 g/mol. The minimum Gasteiger partial charge on any atom is -0.478 e. The van der Waals surface area contributed by atoms with Crippen LogP contribution in [0.15, 0.2) is 60.0 Å². The summed E-state index contributed by atoms with van der Waals surface area (Å²) < 4.78 is 27.3. The van der Waals surface area contributed by atoms with Gasteiger partial charge in [-0.1, -0.05) is 54.8 Å². The summed E-state index contributed by atoms with van der Waals surface area (Å²) in [5.74, 6) is -2.75. The molecule has 3 N–H and O–H groups in total. The van der Waals surface area contributed by atoms with Crippen LogP contribution in [0, 0.1) is 0 Å². The number of benzene rings is 2. The Bertz CT molecular complexity index is 1590. The van der Waals surface area contributed by atoms with E-state index in [2.05, 4.69) is 10.2 Å².